The van der Waals surface area contributed by atoms with Crippen LogP contribution >= 0.6 is 23.2 Å². The Morgan fingerprint density at radius 1 is 1.12 bits per heavy atom. The number of nitrogens with zero attached hydrogens (tertiary/aromatic N) is 2. The molecule has 0 aliphatic heterocycles. The van der Waals surface area contributed by atoms with Gasteiger partial charge in [0.1, 0.15) is 11.0 Å². The summed E-state index contributed by atoms with van der Waals surface area (Å²) in [6.45, 7) is 1.81. The molecule has 0 aliphatic rings. The zero-order chi connectivity index (χ0) is 11.7. The van der Waals surface area contributed by atoms with E-state index in [0.29, 0.717) is 16.5 Å². The molecule has 0 spiro atoms. The number of hydrogen-bond acceptors (Lipinski definition) is 2. The lowest BCUT2D eigenvalue weighted by atomic mass is 10.2. The topological polar surface area (TPSA) is 25.8 Å². The van der Waals surface area contributed by atoms with Crippen LogP contribution in [0.1, 0.15) is 5.69 Å². The highest BCUT2D eigenvalue weighted by molar-refractivity contribution is 6.31. The maximum Gasteiger partial charge on any atom is 0.161 e. The van der Waals surface area contributed by atoms with Crippen molar-refractivity contribution in [3.63, 3.8) is 0 Å². The summed E-state index contributed by atoms with van der Waals surface area (Å²) in [4.78, 5) is 8.25. The minimum Gasteiger partial charge on any atom is -0.233 e. The van der Waals surface area contributed by atoms with Gasteiger partial charge in [0.15, 0.2) is 5.82 Å². The Balaban J connectivity index is 2.54. The minimum absolute atomic E-state index is 0.0405. The molecule has 16 heavy (non-hydrogen) atoms. The monoisotopic (exact) mass is 256 g/mol. The third-order valence-electron chi connectivity index (χ3n) is 2.00. The molecular formula is C11H7Cl2FN2. The quantitative estimate of drug-likeness (QED) is 0.724. The first kappa shape index (κ1) is 11.3. The van der Waals surface area contributed by atoms with Crippen LogP contribution in [-0.2, 0) is 0 Å². The van der Waals surface area contributed by atoms with Crippen LogP contribution < -0.4 is 0 Å². The molecule has 0 bridgehead atoms. The third kappa shape index (κ3) is 2.31. The first-order valence-electron chi connectivity index (χ1n) is 4.53. The third-order valence-corrected chi connectivity index (χ3v) is 2.48. The average molecular weight is 257 g/mol. The van der Waals surface area contributed by atoms with Crippen LogP contribution in [0.5, 0.6) is 0 Å². The lowest BCUT2D eigenvalue weighted by Crippen LogP contribution is -1.92. The van der Waals surface area contributed by atoms with Crippen LogP contribution in [0.4, 0.5) is 4.39 Å². The van der Waals surface area contributed by atoms with Crippen molar-refractivity contribution in [2.75, 3.05) is 0 Å². The van der Waals surface area contributed by atoms with Gasteiger partial charge in [-0.15, -0.1) is 0 Å². The van der Waals surface area contributed by atoms with Gasteiger partial charge in [-0.05, 0) is 31.2 Å². The molecule has 82 valence electrons. The van der Waals surface area contributed by atoms with Gasteiger partial charge in [-0.2, -0.15) is 0 Å². The summed E-state index contributed by atoms with van der Waals surface area (Å²) in [5, 5.41) is 0.390. The summed E-state index contributed by atoms with van der Waals surface area (Å²) in [6.07, 6.45) is 0. The molecule has 5 heteroatoms. The highest BCUT2D eigenvalue weighted by Crippen LogP contribution is 2.23. The first-order chi connectivity index (χ1) is 7.56. The van der Waals surface area contributed by atoms with E-state index >= 15 is 0 Å². The van der Waals surface area contributed by atoms with E-state index in [4.69, 9.17) is 23.2 Å². The van der Waals surface area contributed by atoms with Gasteiger partial charge >= 0.3 is 0 Å². The normalized spacial score (nSPS) is 10.5. The number of hydrogen-bond donors (Lipinski definition) is 0. The van der Waals surface area contributed by atoms with E-state index in [2.05, 4.69) is 9.97 Å². The van der Waals surface area contributed by atoms with Gasteiger partial charge in [0.05, 0.1) is 5.02 Å². The van der Waals surface area contributed by atoms with Gasteiger partial charge in [0.2, 0.25) is 0 Å². The largest absolute Gasteiger partial charge is 0.233 e. The molecular weight excluding hydrogens is 250 g/mol. The highest BCUT2D eigenvalue weighted by Gasteiger charge is 2.07. The van der Waals surface area contributed by atoms with Gasteiger partial charge in [-0.1, -0.05) is 23.2 Å². The molecule has 0 N–H and O–H groups in total. The van der Waals surface area contributed by atoms with Crippen LogP contribution in [0.25, 0.3) is 11.4 Å². The van der Waals surface area contributed by atoms with E-state index in [1.807, 2.05) is 6.92 Å². The van der Waals surface area contributed by atoms with Crippen molar-refractivity contribution in [1.82, 2.24) is 9.97 Å². The smallest absolute Gasteiger partial charge is 0.161 e. The Hall–Kier alpha value is -1.19. The Morgan fingerprint density at radius 3 is 2.50 bits per heavy atom. The Morgan fingerprint density at radius 2 is 1.88 bits per heavy atom. The number of benzene rings is 1. The second-order valence-corrected chi connectivity index (χ2v) is 4.08. The van der Waals surface area contributed by atoms with Gasteiger partial charge in [-0.25, -0.2) is 14.4 Å². The molecule has 0 amide bonds. The SMILES string of the molecule is Cc1cc(Cl)nc(-c2ccc(F)c(Cl)c2)n1. The molecule has 0 saturated heterocycles. The summed E-state index contributed by atoms with van der Waals surface area (Å²) in [5.41, 5.74) is 1.38. The van der Waals surface area contributed by atoms with E-state index in [9.17, 15) is 4.39 Å². The Bertz CT molecular complexity index is 523. The standard InChI is InChI=1S/C11H7Cl2FN2/c1-6-4-10(13)16-11(15-6)7-2-3-9(14)8(12)5-7/h2-5H,1H3. The Labute approximate surface area is 102 Å². The van der Waals surface area contributed by atoms with Crippen molar-refractivity contribution in [2.45, 2.75) is 6.92 Å². The summed E-state index contributed by atoms with van der Waals surface area (Å²) >= 11 is 11.5. The van der Waals surface area contributed by atoms with Crippen molar-refractivity contribution >= 4 is 23.2 Å². The van der Waals surface area contributed by atoms with E-state index in [-0.39, 0.29) is 5.02 Å². The molecule has 0 unspecified atom stereocenters. The lowest BCUT2D eigenvalue weighted by molar-refractivity contribution is 0.628. The minimum atomic E-state index is -0.468. The van der Waals surface area contributed by atoms with E-state index in [1.54, 1.807) is 12.1 Å². The molecule has 0 radical (unpaired) electrons. The van der Waals surface area contributed by atoms with E-state index in [1.165, 1.54) is 12.1 Å². The molecule has 1 aromatic carbocycles. The summed E-state index contributed by atoms with van der Waals surface area (Å²) < 4.78 is 13.0. The van der Waals surface area contributed by atoms with Crippen molar-refractivity contribution < 1.29 is 4.39 Å². The molecule has 0 atom stereocenters. The lowest BCUT2D eigenvalue weighted by Gasteiger charge is -2.03. The van der Waals surface area contributed by atoms with Crippen LogP contribution in [-0.4, -0.2) is 9.97 Å². The average Bonchev–Trinajstić information content (AvgIpc) is 2.20. The van der Waals surface area contributed by atoms with E-state index < -0.39 is 5.82 Å². The number of aromatic nitrogens is 2. The second kappa shape index (κ2) is 4.36. The Kier molecular flexibility index (Phi) is 3.08. The summed E-state index contributed by atoms with van der Waals surface area (Å²) in [5.74, 6) is -0.0314. The second-order valence-electron chi connectivity index (χ2n) is 3.28. The fraction of sp³-hybridized carbons (Fsp3) is 0.0909. The predicted octanol–water partition coefficient (Wildman–Crippen LogP) is 3.90. The van der Waals surface area contributed by atoms with Crippen molar-refractivity contribution in [3.8, 4) is 11.4 Å². The fourth-order valence-corrected chi connectivity index (χ4v) is 1.71. The maximum absolute atomic E-state index is 13.0. The summed E-state index contributed by atoms with van der Waals surface area (Å²) in [7, 11) is 0. The molecule has 2 rings (SSSR count). The van der Waals surface area contributed by atoms with Gasteiger partial charge < -0.3 is 0 Å². The van der Waals surface area contributed by atoms with Crippen molar-refractivity contribution in [2.24, 2.45) is 0 Å². The number of aryl methyl sites for hydroxylation is 1. The molecule has 0 fully saturated rings. The molecule has 2 nitrogen and oxygen atoms in total. The maximum atomic E-state index is 13.0. The fourth-order valence-electron chi connectivity index (χ4n) is 1.29. The van der Waals surface area contributed by atoms with Gasteiger partial charge in [0, 0.05) is 11.3 Å². The van der Waals surface area contributed by atoms with Crippen LogP contribution in [0.15, 0.2) is 24.3 Å². The van der Waals surface area contributed by atoms with Gasteiger partial charge in [0.25, 0.3) is 0 Å². The molecule has 1 aromatic heterocycles. The molecule has 1 heterocycles. The zero-order valence-corrected chi connectivity index (χ0v) is 9.85. The zero-order valence-electron chi connectivity index (χ0n) is 8.34. The number of halogens is 3. The molecule has 2 aromatic rings. The van der Waals surface area contributed by atoms with Crippen molar-refractivity contribution in [1.29, 1.82) is 0 Å². The van der Waals surface area contributed by atoms with Crippen LogP contribution in [0.2, 0.25) is 10.2 Å². The first-order valence-corrected chi connectivity index (χ1v) is 5.28. The summed E-state index contributed by atoms with van der Waals surface area (Å²) in [6, 6.07) is 5.96. The van der Waals surface area contributed by atoms with Crippen LogP contribution in [0, 0.1) is 12.7 Å². The van der Waals surface area contributed by atoms with Gasteiger partial charge in [-0.3, -0.25) is 0 Å². The predicted molar refractivity (Wildman–Crippen MR) is 62.2 cm³/mol. The highest BCUT2D eigenvalue weighted by atomic mass is 35.5. The molecule has 0 aliphatic carbocycles. The molecule has 0 saturated carbocycles. The number of rotatable bonds is 1. The van der Waals surface area contributed by atoms with Crippen molar-refractivity contribution in [3.05, 3.63) is 46.0 Å². The van der Waals surface area contributed by atoms with E-state index in [0.717, 1.165) is 5.69 Å². The van der Waals surface area contributed by atoms with Crippen LogP contribution in [0.3, 0.4) is 0 Å².